The van der Waals surface area contributed by atoms with E-state index in [0.29, 0.717) is 41.8 Å². The Kier molecular flexibility index (Phi) is 5.54. The molecule has 0 spiro atoms. The molecule has 3 aromatic rings. The summed E-state index contributed by atoms with van der Waals surface area (Å²) >= 11 is 6.32. The van der Waals surface area contributed by atoms with Crippen LogP contribution in [-0.4, -0.2) is 47.8 Å². The zero-order valence-corrected chi connectivity index (χ0v) is 20.0. The second kappa shape index (κ2) is 8.61. The van der Waals surface area contributed by atoms with Gasteiger partial charge < -0.3 is 14.6 Å². The molecule has 1 aromatic heterocycles. The van der Waals surface area contributed by atoms with E-state index >= 15 is 0 Å². The van der Waals surface area contributed by atoms with E-state index in [0.717, 1.165) is 30.6 Å². The molecule has 4 unspecified atom stereocenters. The maximum absolute atomic E-state index is 12.9. The van der Waals surface area contributed by atoms with Gasteiger partial charge >= 0.3 is 0 Å². The highest BCUT2D eigenvalue weighted by Crippen LogP contribution is 2.68. The molecule has 1 saturated carbocycles. The maximum Gasteiger partial charge on any atom is 0.175 e. The van der Waals surface area contributed by atoms with E-state index in [-0.39, 0.29) is 11.8 Å². The quantitative estimate of drug-likeness (QED) is 0.593. The van der Waals surface area contributed by atoms with Crippen molar-refractivity contribution in [1.82, 2.24) is 9.88 Å². The molecular weight excluding hydrogens is 462 g/mol. The van der Waals surface area contributed by atoms with Crippen molar-refractivity contribution in [2.24, 2.45) is 5.92 Å². The number of nitrogens with zero attached hydrogens (tertiary/aromatic N) is 3. The Hall–Kier alpha value is -2.95. The molecule has 6 nitrogen and oxygen atoms in total. The second-order valence-electron chi connectivity index (χ2n) is 9.60. The molecule has 2 aliphatic heterocycles. The molecule has 1 saturated heterocycles. The Balaban J connectivity index is 1.56. The van der Waals surface area contributed by atoms with Gasteiger partial charge in [-0.3, -0.25) is 9.88 Å². The molecule has 7 heteroatoms. The Morgan fingerprint density at radius 2 is 1.86 bits per heavy atom. The van der Waals surface area contributed by atoms with Crippen LogP contribution in [-0.2, 0) is 15.9 Å². The first-order chi connectivity index (χ1) is 17.1. The second-order valence-corrected chi connectivity index (χ2v) is 10.0. The van der Waals surface area contributed by atoms with Crippen molar-refractivity contribution in [1.29, 1.82) is 5.26 Å². The average Bonchev–Trinajstić information content (AvgIpc) is 3.30. The minimum Gasteiger partial charge on any atom is -0.476 e. The summed E-state index contributed by atoms with van der Waals surface area (Å²) in [5.74, 6) is 0.231. The Morgan fingerprint density at radius 3 is 2.57 bits per heavy atom. The molecule has 2 fully saturated rings. The zero-order chi connectivity index (χ0) is 24.0. The molecule has 6 rings (SSSR count). The van der Waals surface area contributed by atoms with Gasteiger partial charge in [0.25, 0.3) is 0 Å². The summed E-state index contributed by atoms with van der Waals surface area (Å²) in [5.41, 5.74) is 0.511. The van der Waals surface area contributed by atoms with Gasteiger partial charge in [-0.25, -0.2) is 0 Å². The van der Waals surface area contributed by atoms with Gasteiger partial charge in [0.2, 0.25) is 0 Å². The van der Waals surface area contributed by atoms with Gasteiger partial charge in [0.15, 0.2) is 11.2 Å². The molecule has 178 valence electrons. The number of aromatic nitrogens is 1. The third-order valence-corrected chi connectivity index (χ3v) is 8.05. The van der Waals surface area contributed by atoms with E-state index in [4.69, 9.17) is 21.1 Å². The molecule has 1 N–H and O–H groups in total. The van der Waals surface area contributed by atoms with Crippen LogP contribution in [0.5, 0.6) is 5.75 Å². The van der Waals surface area contributed by atoms with Gasteiger partial charge in [0.1, 0.15) is 11.4 Å². The highest BCUT2D eigenvalue weighted by atomic mass is 35.5. The largest absolute Gasteiger partial charge is 0.476 e. The summed E-state index contributed by atoms with van der Waals surface area (Å²) in [6.45, 7) is 3.74. The normalized spacial score (nSPS) is 29.7. The molecule has 4 atom stereocenters. The molecule has 3 aliphatic rings. The van der Waals surface area contributed by atoms with Crippen molar-refractivity contribution >= 4 is 11.6 Å². The van der Waals surface area contributed by atoms with Crippen molar-refractivity contribution in [2.45, 2.75) is 23.5 Å². The van der Waals surface area contributed by atoms with Crippen LogP contribution in [0.2, 0.25) is 5.02 Å². The lowest BCUT2D eigenvalue weighted by Crippen LogP contribution is -2.53. The van der Waals surface area contributed by atoms with Gasteiger partial charge in [0.05, 0.1) is 29.9 Å². The van der Waals surface area contributed by atoms with E-state index in [1.165, 1.54) is 0 Å². The Morgan fingerprint density at radius 1 is 1.11 bits per heavy atom. The molecule has 0 bridgehead atoms. The lowest BCUT2D eigenvalue weighted by Gasteiger charge is -2.42. The van der Waals surface area contributed by atoms with Crippen LogP contribution in [0, 0.1) is 17.2 Å². The first-order valence-electron chi connectivity index (χ1n) is 12.0. The monoisotopic (exact) mass is 487 g/mol. The SMILES string of the molecule is N#Cc1ccc(C23Oc4cc(Cl)cnc4C2(O)C(CN2CCOCC2)CC3c2ccccc2)cc1. The topological polar surface area (TPSA) is 78.6 Å². The summed E-state index contributed by atoms with van der Waals surface area (Å²) in [4.78, 5) is 7.00. The number of hydrogen-bond acceptors (Lipinski definition) is 6. The fourth-order valence-corrected chi connectivity index (χ4v) is 6.44. The molecule has 2 aromatic carbocycles. The molecule has 0 radical (unpaired) electrons. The van der Waals surface area contributed by atoms with Gasteiger partial charge in [-0.2, -0.15) is 5.26 Å². The maximum atomic E-state index is 12.9. The van der Waals surface area contributed by atoms with Crippen LogP contribution < -0.4 is 4.74 Å². The third-order valence-electron chi connectivity index (χ3n) is 7.85. The fraction of sp³-hybridized carbons (Fsp3) is 0.357. The summed E-state index contributed by atoms with van der Waals surface area (Å²) in [5, 5.41) is 22.7. The van der Waals surface area contributed by atoms with E-state index in [1.54, 1.807) is 24.4 Å². The van der Waals surface area contributed by atoms with Crippen molar-refractivity contribution in [3.8, 4) is 11.8 Å². The number of morpholine rings is 1. The van der Waals surface area contributed by atoms with Gasteiger partial charge in [0, 0.05) is 43.7 Å². The highest BCUT2D eigenvalue weighted by molar-refractivity contribution is 6.30. The number of aliphatic hydroxyl groups is 1. The van der Waals surface area contributed by atoms with Crippen LogP contribution in [0.25, 0.3) is 0 Å². The number of rotatable bonds is 4. The first-order valence-corrected chi connectivity index (χ1v) is 12.4. The van der Waals surface area contributed by atoms with Crippen LogP contribution in [0.1, 0.15) is 34.7 Å². The van der Waals surface area contributed by atoms with Crippen molar-refractivity contribution in [3.63, 3.8) is 0 Å². The lowest BCUT2D eigenvalue weighted by molar-refractivity contribution is -0.135. The van der Waals surface area contributed by atoms with E-state index in [9.17, 15) is 10.4 Å². The number of benzene rings is 2. The Bertz CT molecular complexity index is 1270. The standard InChI is InChI=1S/C28H26ClN3O3/c29-23-15-25-26(31-17-23)27(33)22(18-32-10-12-34-13-11-32)14-24(20-4-2-1-3-5-20)28(27,35-25)21-8-6-19(16-30)7-9-21/h1-9,15,17,22,24,33H,10-14,18H2. The number of ether oxygens (including phenoxy) is 2. The first kappa shape index (κ1) is 22.5. The zero-order valence-electron chi connectivity index (χ0n) is 19.2. The summed E-state index contributed by atoms with van der Waals surface area (Å²) in [6.07, 6.45) is 2.31. The fourth-order valence-electron chi connectivity index (χ4n) is 6.30. The van der Waals surface area contributed by atoms with E-state index < -0.39 is 11.2 Å². The average molecular weight is 488 g/mol. The molecule has 1 aliphatic carbocycles. The molecular formula is C28H26ClN3O3. The van der Waals surface area contributed by atoms with Crippen LogP contribution >= 0.6 is 11.6 Å². The number of halogens is 1. The summed E-state index contributed by atoms with van der Waals surface area (Å²) < 4.78 is 12.4. The van der Waals surface area contributed by atoms with E-state index in [1.807, 2.05) is 30.3 Å². The van der Waals surface area contributed by atoms with Crippen molar-refractivity contribution in [3.05, 3.63) is 94.3 Å². The van der Waals surface area contributed by atoms with Crippen molar-refractivity contribution < 1.29 is 14.6 Å². The lowest BCUT2D eigenvalue weighted by atomic mass is 9.71. The van der Waals surface area contributed by atoms with Gasteiger partial charge in [-0.1, -0.05) is 54.1 Å². The minimum absolute atomic E-state index is 0.138. The predicted octanol–water partition coefficient (Wildman–Crippen LogP) is 4.22. The third kappa shape index (κ3) is 3.38. The molecule has 35 heavy (non-hydrogen) atoms. The number of hydrogen-bond donors (Lipinski definition) is 1. The molecule has 3 heterocycles. The minimum atomic E-state index is -1.39. The van der Waals surface area contributed by atoms with Crippen molar-refractivity contribution in [2.75, 3.05) is 32.8 Å². The smallest absolute Gasteiger partial charge is 0.175 e. The van der Waals surface area contributed by atoms with Crippen LogP contribution in [0.15, 0.2) is 66.9 Å². The summed E-state index contributed by atoms with van der Waals surface area (Å²) in [7, 11) is 0. The van der Waals surface area contributed by atoms with Gasteiger partial charge in [-0.15, -0.1) is 0 Å². The molecule has 0 amide bonds. The highest BCUT2D eigenvalue weighted by Gasteiger charge is 2.73. The van der Waals surface area contributed by atoms with E-state index in [2.05, 4.69) is 28.1 Å². The number of pyridine rings is 1. The number of fused-ring (bicyclic) bond motifs is 3. The van der Waals surface area contributed by atoms with Crippen LogP contribution in [0.3, 0.4) is 0 Å². The van der Waals surface area contributed by atoms with Gasteiger partial charge in [-0.05, 0) is 29.7 Å². The van der Waals surface area contributed by atoms with Crippen LogP contribution in [0.4, 0.5) is 0 Å². The number of nitriles is 1. The summed E-state index contributed by atoms with van der Waals surface area (Å²) in [6, 6.07) is 21.6. The predicted molar refractivity (Wildman–Crippen MR) is 131 cm³/mol. The Labute approximate surface area is 209 Å².